The smallest absolute Gasteiger partial charge is 0.252 e. The van der Waals surface area contributed by atoms with Gasteiger partial charge in [0.1, 0.15) is 22.5 Å². The number of aromatic nitrogens is 2. The van der Waals surface area contributed by atoms with Crippen molar-refractivity contribution in [3.63, 3.8) is 0 Å². The lowest BCUT2D eigenvalue weighted by Crippen LogP contribution is -2.41. The fraction of sp³-hybridized carbons (Fsp3) is 0.200. The molecular formula is C20H20N4O4S. The first kappa shape index (κ1) is 20.3. The van der Waals surface area contributed by atoms with Crippen molar-refractivity contribution in [1.29, 1.82) is 0 Å². The Hall–Kier alpha value is -3.46. The third-order valence-electron chi connectivity index (χ3n) is 4.04. The molecule has 1 aromatic heterocycles. The second-order valence-corrected chi connectivity index (χ2v) is 7.04. The minimum absolute atomic E-state index is 0.343. The highest BCUT2D eigenvalue weighted by atomic mass is 32.1. The highest BCUT2D eigenvalue weighted by Crippen LogP contribution is 2.28. The van der Waals surface area contributed by atoms with Gasteiger partial charge in [-0.25, -0.2) is 0 Å². The molecule has 8 nitrogen and oxygen atoms in total. The SMILES string of the molecule is COc1cccc(C(=O)N[C@@H](C)C(=O)Nc2nnc(-c3cccc(OC)c3)s2)c1. The van der Waals surface area contributed by atoms with E-state index in [1.54, 1.807) is 38.3 Å². The summed E-state index contributed by atoms with van der Waals surface area (Å²) in [5.74, 6) is 0.501. The molecule has 0 bridgehead atoms. The van der Waals surface area contributed by atoms with E-state index in [1.165, 1.54) is 18.4 Å². The van der Waals surface area contributed by atoms with E-state index < -0.39 is 11.9 Å². The molecule has 3 aromatic rings. The summed E-state index contributed by atoms with van der Waals surface area (Å²) in [6.07, 6.45) is 0. The maximum Gasteiger partial charge on any atom is 0.252 e. The Kier molecular flexibility index (Phi) is 6.40. The van der Waals surface area contributed by atoms with Crippen LogP contribution >= 0.6 is 11.3 Å². The molecule has 1 heterocycles. The molecule has 0 aliphatic heterocycles. The van der Waals surface area contributed by atoms with Gasteiger partial charge in [0.25, 0.3) is 5.91 Å². The summed E-state index contributed by atoms with van der Waals surface area (Å²) in [5, 5.41) is 14.4. The Bertz CT molecular complexity index is 1020. The van der Waals surface area contributed by atoms with E-state index in [9.17, 15) is 9.59 Å². The predicted octanol–water partition coefficient (Wildman–Crippen LogP) is 2.98. The average Bonchev–Trinajstić information content (AvgIpc) is 3.22. The first-order valence-electron chi connectivity index (χ1n) is 8.74. The number of rotatable bonds is 7. The van der Waals surface area contributed by atoms with Gasteiger partial charge in [-0.1, -0.05) is 29.5 Å². The molecule has 3 rings (SSSR count). The molecule has 2 N–H and O–H groups in total. The molecule has 150 valence electrons. The first-order chi connectivity index (χ1) is 14.0. The van der Waals surface area contributed by atoms with Gasteiger partial charge < -0.3 is 14.8 Å². The van der Waals surface area contributed by atoms with Crippen molar-refractivity contribution >= 4 is 28.3 Å². The van der Waals surface area contributed by atoms with Crippen LogP contribution in [0.4, 0.5) is 5.13 Å². The summed E-state index contributed by atoms with van der Waals surface area (Å²) in [7, 11) is 3.11. The van der Waals surface area contributed by atoms with E-state index in [2.05, 4.69) is 20.8 Å². The average molecular weight is 412 g/mol. The number of nitrogens with one attached hydrogen (secondary N) is 2. The molecule has 2 aromatic carbocycles. The maximum atomic E-state index is 12.4. The minimum atomic E-state index is -0.766. The van der Waals surface area contributed by atoms with Crippen molar-refractivity contribution in [2.24, 2.45) is 0 Å². The Labute approximate surface area is 171 Å². The van der Waals surface area contributed by atoms with Crippen LogP contribution in [-0.4, -0.2) is 42.3 Å². The Morgan fingerprint density at radius 2 is 1.69 bits per heavy atom. The first-order valence-corrected chi connectivity index (χ1v) is 9.55. The quantitative estimate of drug-likeness (QED) is 0.619. The Morgan fingerprint density at radius 1 is 1.00 bits per heavy atom. The zero-order chi connectivity index (χ0) is 20.8. The summed E-state index contributed by atoms with van der Waals surface area (Å²) < 4.78 is 10.3. The number of ether oxygens (including phenoxy) is 2. The number of nitrogens with zero attached hydrogens (tertiary/aromatic N) is 2. The van der Waals surface area contributed by atoms with Gasteiger partial charge in [0.2, 0.25) is 11.0 Å². The number of anilines is 1. The van der Waals surface area contributed by atoms with Gasteiger partial charge in [0.15, 0.2) is 0 Å². The van der Waals surface area contributed by atoms with Gasteiger partial charge in [-0.2, -0.15) is 0 Å². The molecule has 29 heavy (non-hydrogen) atoms. The molecule has 9 heteroatoms. The largest absolute Gasteiger partial charge is 0.497 e. The van der Waals surface area contributed by atoms with Crippen LogP contribution in [0.1, 0.15) is 17.3 Å². The van der Waals surface area contributed by atoms with Crippen LogP contribution in [0.25, 0.3) is 10.6 Å². The molecule has 0 aliphatic carbocycles. The second kappa shape index (κ2) is 9.16. The van der Waals surface area contributed by atoms with Crippen LogP contribution in [0.15, 0.2) is 48.5 Å². The van der Waals surface area contributed by atoms with E-state index in [0.29, 0.717) is 27.2 Å². The Balaban J connectivity index is 1.62. The maximum absolute atomic E-state index is 12.4. The molecule has 0 saturated carbocycles. The number of benzene rings is 2. The Morgan fingerprint density at radius 3 is 2.41 bits per heavy atom. The summed E-state index contributed by atoms with van der Waals surface area (Å²) >= 11 is 1.23. The second-order valence-electron chi connectivity index (χ2n) is 6.06. The highest BCUT2D eigenvalue weighted by molar-refractivity contribution is 7.18. The van der Waals surface area contributed by atoms with Gasteiger partial charge >= 0.3 is 0 Å². The predicted molar refractivity (Wildman–Crippen MR) is 110 cm³/mol. The van der Waals surface area contributed by atoms with E-state index >= 15 is 0 Å². The number of hydrogen-bond acceptors (Lipinski definition) is 7. The summed E-state index contributed by atoms with van der Waals surface area (Å²) in [6.45, 7) is 1.59. The molecule has 0 spiro atoms. The third-order valence-corrected chi connectivity index (χ3v) is 4.93. The zero-order valence-corrected chi connectivity index (χ0v) is 16.9. The third kappa shape index (κ3) is 5.08. The van der Waals surface area contributed by atoms with Crippen molar-refractivity contribution in [1.82, 2.24) is 15.5 Å². The highest BCUT2D eigenvalue weighted by Gasteiger charge is 2.19. The fourth-order valence-corrected chi connectivity index (χ4v) is 3.21. The van der Waals surface area contributed by atoms with E-state index in [4.69, 9.17) is 9.47 Å². The number of amides is 2. The lowest BCUT2D eigenvalue weighted by atomic mass is 10.2. The monoisotopic (exact) mass is 412 g/mol. The van der Waals surface area contributed by atoms with E-state index in [1.807, 2.05) is 24.3 Å². The van der Waals surface area contributed by atoms with Crippen LogP contribution in [-0.2, 0) is 4.79 Å². The van der Waals surface area contributed by atoms with Gasteiger partial charge in [-0.15, -0.1) is 10.2 Å². The number of hydrogen-bond donors (Lipinski definition) is 2. The summed E-state index contributed by atoms with van der Waals surface area (Å²) in [4.78, 5) is 24.8. The summed E-state index contributed by atoms with van der Waals surface area (Å²) in [6, 6.07) is 13.3. The van der Waals surface area contributed by atoms with Crippen molar-refractivity contribution in [2.75, 3.05) is 19.5 Å². The van der Waals surface area contributed by atoms with Crippen LogP contribution in [0.2, 0.25) is 0 Å². The van der Waals surface area contributed by atoms with Gasteiger partial charge in [-0.3, -0.25) is 14.9 Å². The lowest BCUT2D eigenvalue weighted by molar-refractivity contribution is -0.117. The van der Waals surface area contributed by atoms with Crippen LogP contribution < -0.4 is 20.1 Å². The summed E-state index contributed by atoms with van der Waals surface area (Å²) in [5.41, 5.74) is 1.24. The standard InChI is InChI=1S/C20H20N4O4S/c1-12(21-18(26)13-6-4-8-15(10-13)27-2)17(25)22-20-24-23-19(29-20)14-7-5-9-16(11-14)28-3/h4-12H,1-3H3,(H,21,26)(H,22,24,25)/t12-/m0/s1. The van der Waals surface area contributed by atoms with Gasteiger partial charge in [0.05, 0.1) is 14.2 Å². The minimum Gasteiger partial charge on any atom is -0.497 e. The molecule has 0 fully saturated rings. The molecule has 0 radical (unpaired) electrons. The zero-order valence-electron chi connectivity index (χ0n) is 16.1. The van der Waals surface area contributed by atoms with E-state index in [-0.39, 0.29) is 5.91 Å². The lowest BCUT2D eigenvalue weighted by Gasteiger charge is -2.13. The molecule has 1 atom stereocenters. The van der Waals surface area contributed by atoms with Crippen molar-refractivity contribution in [3.05, 3.63) is 54.1 Å². The molecule has 0 unspecified atom stereocenters. The van der Waals surface area contributed by atoms with Crippen molar-refractivity contribution in [2.45, 2.75) is 13.0 Å². The molecular weight excluding hydrogens is 392 g/mol. The fourth-order valence-electron chi connectivity index (χ4n) is 2.47. The van der Waals surface area contributed by atoms with E-state index in [0.717, 1.165) is 5.56 Å². The van der Waals surface area contributed by atoms with Crippen molar-refractivity contribution in [3.8, 4) is 22.1 Å². The van der Waals surface area contributed by atoms with Crippen molar-refractivity contribution < 1.29 is 19.1 Å². The molecule has 0 saturated heterocycles. The topological polar surface area (TPSA) is 102 Å². The van der Waals surface area contributed by atoms with Crippen LogP contribution in [0, 0.1) is 0 Å². The van der Waals surface area contributed by atoms with Crippen LogP contribution in [0.5, 0.6) is 11.5 Å². The molecule has 0 aliphatic rings. The number of carbonyl (C=O) groups excluding carboxylic acids is 2. The van der Waals surface area contributed by atoms with Gasteiger partial charge in [0, 0.05) is 11.1 Å². The van der Waals surface area contributed by atoms with Gasteiger partial charge in [-0.05, 0) is 37.3 Å². The van der Waals surface area contributed by atoms with Crippen LogP contribution in [0.3, 0.4) is 0 Å². The number of carbonyl (C=O) groups is 2. The molecule has 2 amide bonds. The number of methoxy groups -OCH3 is 2. The normalized spacial score (nSPS) is 11.4.